The van der Waals surface area contributed by atoms with Gasteiger partial charge in [-0.05, 0) is 90.5 Å². The number of likely N-dealkylation sites (N-methyl/N-ethyl adjacent to an activating group) is 1. The number of fused-ring (bicyclic) bond motifs is 2. The summed E-state index contributed by atoms with van der Waals surface area (Å²) in [5.74, 6) is 4.57. The molecule has 4 aromatic heterocycles. The quantitative estimate of drug-likeness (QED) is 0.0883. The number of rotatable bonds is 14. The van der Waals surface area contributed by atoms with E-state index in [1.807, 2.05) is 73.1 Å². The fraction of sp³-hybridized carbons (Fsp3) is 0.286. The van der Waals surface area contributed by atoms with Crippen molar-refractivity contribution in [2.75, 3.05) is 46.2 Å². The molecule has 2 saturated heterocycles. The van der Waals surface area contributed by atoms with Gasteiger partial charge in [-0.2, -0.15) is 20.4 Å². The van der Waals surface area contributed by atoms with Gasteiger partial charge in [-0.15, -0.1) is 0 Å². The van der Waals surface area contributed by atoms with Gasteiger partial charge >= 0.3 is 0 Å². The van der Waals surface area contributed by atoms with Crippen LogP contribution in [0.2, 0.25) is 0 Å². The van der Waals surface area contributed by atoms with Crippen LogP contribution in [0.25, 0.3) is 44.6 Å². The SMILES string of the molecule is CCNC1(COc2ccc(-c3n[nH]c(Cc4ccc5[nH]ncc5c4)n3)cc2)COC1.NC1(COc2ccc(-c3n[nH]c(Cc4ccc5[nH]ncc5c4)n3)cc2)COC1. The highest BCUT2D eigenvalue weighted by atomic mass is 16.5. The third-order valence-corrected chi connectivity index (χ3v) is 10.2. The average Bonchev–Trinajstić information content (AvgIpc) is 4.06. The maximum absolute atomic E-state index is 6.08. The smallest absolute Gasteiger partial charge is 0.181 e. The highest BCUT2D eigenvalue weighted by molar-refractivity contribution is 5.79. The molecule has 0 unspecified atom stereocenters. The summed E-state index contributed by atoms with van der Waals surface area (Å²) >= 11 is 0. The van der Waals surface area contributed by atoms with Crippen molar-refractivity contribution >= 4 is 21.8 Å². The lowest BCUT2D eigenvalue weighted by atomic mass is 9.99. The molecule has 0 amide bonds. The van der Waals surface area contributed by atoms with Crippen LogP contribution in [0.4, 0.5) is 0 Å². The van der Waals surface area contributed by atoms with Crippen LogP contribution in [0.5, 0.6) is 11.5 Å². The number of aromatic amines is 4. The Kier molecular flexibility index (Phi) is 10.4. The summed E-state index contributed by atoms with van der Waals surface area (Å²) in [6.45, 7) is 6.48. The molecule has 2 fully saturated rings. The van der Waals surface area contributed by atoms with Gasteiger partial charge in [-0.1, -0.05) is 19.1 Å². The van der Waals surface area contributed by atoms with E-state index in [0.717, 1.165) is 73.8 Å². The fourth-order valence-corrected chi connectivity index (χ4v) is 6.85. The van der Waals surface area contributed by atoms with E-state index >= 15 is 0 Å². The molecule has 16 nitrogen and oxygen atoms in total. The van der Waals surface area contributed by atoms with Gasteiger partial charge < -0.3 is 30.0 Å². The molecule has 16 heteroatoms. The number of ether oxygens (including phenoxy) is 4. The highest BCUT2D eigenvalue weighted by Crippen LogP contribution is 2.25. The number of hydrogen-bond acceptors (Lipinski definition) is 12. The lowest BCUT2D eigenvalue weighted by Gasteiger charge is -2.41. The second kappa shape index (κ2) is 16.2. The lowest BCUT2D eigenvalue weighted by Crippen LogP contribution is -2.63. The first-order valence-electron chi connectivity index (χ1n) is 19.2. The summed E-state index contributed by atoms with van der Waals surface area (Å²) in [6.07, 6.45) is 5.01. The first kappa shape index (κ1) is 37.1. The maximum Gasteiger partial charge on any atom is 0.181 e. The van der Waals surface area contributed by atoms with E-state index in [2.05, 4.69) is 87.3 Å². The van der Waals surface area contributed by atoms with Crippen molar-refractivity contribution < 1.29 is 18.9 Å². The minimum absolute atomic E-state index is 0.0639. The Morgan fingerprint density at radius 3 is 1.59 bits per heavy atom. The van der Waals surface area contributed by atoms with E-state index in [-0.39, 0.29) is 11.1 Å². The molecule has 2 aliphatic heterocycles. The second-order valence-corrected chi connectivity index (χ2v) is 14.9. The van der Waals surface area contributed by atoms with Crippen LogP contribution in [-0.4, -0.2) is 108 Å². The second-order valence-electron chi connectivity index (χ2n) is 14.9. The molecule has 6 heterocycles. The minimum Gasteiger partial charge on any atom is -0.491 e. The van der Waals surface area contributed by atoms with E-state index in [1.54, 1.807) is 0 Å². The van der Waals surface area contributed by atoms with Crippen molar-refractivity contribution in [2.24, 2.45) is 5.73 Å². The van der Waals surface area contributed by atoms with Gasteiger partial charge in [0.15, 0.2) is 11.6 Å². The fourth-order valence-electron chi connectivity index (χ4n) is 6.85. The van der Waals surface area contributed by atoms with Gasteiger partial charge in [0.2, 0.25) is 0 Å². The van der Waals surface area contributed by atoms with Crippen LogP contribution in [0.1, 0.15) is 29.7 Å². The molecule has 4 aromatic carbocycles. The van der Waals surface area contributed by atoms with Gasteiger partial charge in [0.25, 0.3) is 0 Å². The molecule has 8 aromatic rings. The van der Waals surface area contributed by atoms with Gasteiger partial charge in [-0.25, -0.2) is 9.97 Å². The van der Waals surface area contributed by atoms with Crippen molar-refractivity contribution in [3.8, 4) is 34.3 Å². The Labute approximate surface area is 333 Å². The molecule has 0 bridgehead atoms. The normalized spacial score (nSPS) is 15.3. The zero-order valence-corrected chi connectivity index (χ0v) is 32.0. The Morgan fingerprint density at radius 2 is 1.14 bits per heavy atom. The van der Waals surface area contributed by atoms with E-state index in [0.29, 0.717) is 64.1 Å². The molecule has 0 atom stereocenters. The van der Waals surface area contributed by atoms with E-state index < -0.39 is 0 Å². The first-order valence-corrected chi connectivity index (χ1v) is 19.2. The number of H-pyrrole nitrogens is 4. The molecule has 10 rings (SSSR count). The highest BCUT2D eigenvalue weighted by Gasteiger charge is 2.38. The molecule has 0 radical (unpaired) electrons. The number of aromatic nitrogens is 10. The summed E-state index contributed by atoms with van der Waals surface area (Å²) < 4.78 is 22.2. The summed E-state index contributed by atoms with van der Waals surface area (Å²) in [5, 5.41) is 34.4. The van der Waals surface area contributed by atoms with Crippen LogP contribution >= 0.6 is 0 Å². The van der Waals surface area contributed by atoms with Crippen LogP contribution in [0.15, 0.2) is 97.3 Å². The topological polar surface area (TPSA) is 215 Å². The van der Waals surface area contributed by atoms with Crippen molar-refractivity contribution in [1.29, 1.82) is 0 Å². The average molecular weight is 781 g/mol. The Morgan fingerprint density at radius 1 is 0.638 bits per heavy atom. The zero-order chi connectivity index (χ0) is 39.4. The number of benzene rings is 4. The first-order chi connectivity index (χ1) is 28.4. The van der Waals surface area contributed by atoms with Crippen molar-refractivity contribution in [2.45, 2.75) is 30.8 Å². The monoisotopic (exact) mass is 780 g/mol. The lowest BCUT2D eigenvalue weighted by molar-refractivity contribution is -0.0918. The predicted molar refractivity (Wildman–Crippen MR) is 217 cm³/mol. The van der Waals surface area contributed by atoms with Crippen LogP contribution in [0, 0.1) is 0 Å². The zero-order valence-electron chi connectivity index (χ0n) is 32.0. The Hall–Kier alpha value is -6.46. The summed E-state index contributed by atoms with van der Waals surface area (Å²) in [7, 11) is 0. The number of nitrogens with one attached hydrogen (secondary N) is 5. The molecule has 0 spiro atoms. The molecule has 58 heavy (non-hydrogen) atoms. The maximum atomic E-state index is 6.08. The molecule has 0 aliphatic carbocycles. The van der Waals surface area contributed by atoms with Crippen LogP contribution in [0.3, 0.4) is 0 Å². The number of hydrogen-bond donors (Lipinski definition) is 6. The summed E-state index contributed by atoms with van der Waals surface area (Å²) in [4.78, 5) is 9.26. The molecular formula is C42H44N12O4. The standard InChI is InChI=1S/C22H24N6O2.C20H20N6O2/c1-2-23-22(12-29-13-22)14-30-18-6-4-16(5-7-18)21-25-20(27-28-21)10-15-3-8-19-17(9-15)11-24-26-19;21-20(10-27-11-20)12-28-16-4-2-14(3-5-16)19-23-18(25-26-19)8-13-1-6-17-15(7-13)9-22-24-17/h3-9,11,23H,2,10,12-14H2,1H3,(H,24,26)(H,25,27,28);1-7,9H,8,10-12,21H2,(H,22,24)(H,23,25,26). The summed E-state index contributed by atoms with van der Waals surface area (Å²) in [6, 6.07) is 28.0. The van der Waals surface area contributed by atoms with Crippen molar-refractivity contribution in [3.63, 3.8) is 0 Å². The van der Waals surface area contributed by atoms with Crippen LogP contribution in [-0.2, 0) is 22.3 Å². The largest absolute Gasteiger partial charge is 0.491 e. The van der Waals surface area contributed by atoms with E-state index in [4.69, 9.17) is 24.7 Å². The van der Waals surface area contributed by atoms with E-state index in [1.165, 1.54) is 0 Å². The summed E-state index contributed by atoms with van der Waals surface area (Å²) in [5.41, 5.74) is 11.9. The third kappa shape index (κ3) is 8.45. The van der Waals surface area contributed by atoms with Gasteiger partial charge in [-0.3, -0.25) is 20.4 Å². The molecule has 0 saturated carbocycles. The van der Waals surface area contributed by atoms with E-state index in [9.17, 15) is 0 Å². The Bertz CT molecular complexity index is 2590. The van der Waals surface area contributed by atoms with Gasteiger partial charge in [0.1, 0.15) is 36.4 Å². The molecule has 296 valence electrons. The minimum atomic E-state index is -0.364. The Balaban J connectivity index is 0.000000151. The molecular weight excluding hydrogens is 737 g/mol. The van der Waals surface area contributed by atoms with Gasteiger partial charge in [0.05, 0.1) is 60.9 Å². The van der Waals surface area contributed by atoms with Crippen molar-refractivity contribution in [3.05, 3.63) is 120 Å². The predicted octanol–water partition coefficient (Wildman–Crippen LogP) is 4.74. The number of nitrogens with zero attached hydrogens (tertiary/aromatic N) is 6. The van der Waals surface area contributed by atoms with Gasteiger partial charge in [0, 0.05) is 34.7 Å². The molecule has 2 aliphatic rings. The molecule has 7 N–H and O–H groups in total. The third-order valence-electron chi connectivity index (χ3n) is 10.2. The van der Waals surface area contributed by atoms with Crippen LogP contribution < -0.4 is 20.5 Å². The van der Waals surface area contributed by atoms with Crippen molar-refractivity contribution in [1.82, 2.24) is 56.1 Å². The number of nitrogens with two attached hydrogens (primary N) is 1.